The minimum absolute atomic E-state index is 0.311. The molecule has 0 bridgehead atoms. The monoisotopic (exact) mass is 291 g/mol. The maximum atomic E-state index is 12.3. The summed E-state index contributed by atoms with van der Waals surface area (Å²) in [5.74, 6) is -0.446. The number of hydrogen-bond acceptors (Lipinski definition) is 4. The minimum Gasteiger partial charge on any atom is -0.480 e. The van der Waals surface area contributed by atoms with Crippen molar-refractivity contribution in [2.45, 2.75) is 57.9 Å². The number of carboxylic acids is 1. The Morgan fingerprint density at radius 2 is 2.19 bits per heavy atom. The summed E-state index contributed by atoms with van der Waals surface area (Å²) in [6.45, 7) is 3.77. The lowest BCUT2D eigenvalue weighted by Crippen LogP contribution is -2.41. The largest absolute Gasteiger partial charge is 0.480 e. The van der Waals surface area contributed by atoms with Gasteiger partial charge in [0, 0.05) is 12.1 Å². The number of rotatable bonds is 7. The molecule has 1 aromatic rings. The van der Waals surface area contributed by atoms with Gasteiger partial charge in [-0.15, -0.1) is 0 Å². The topological polar surface area (TPSA) is 92.2 Å². The van der Waals surface area contributed by atoms with E-state index >= 15 is 0 Å². The van der Waals surface area contributed by atoms with Crippen LogP contribution in [0.2, 0.25) is 0 Å². The third kappa shape index (κ3) is 4.00. The summed E-state index contributed by atoms with van der Waals surface area (Å²) in [4.78, 5) is 32.0. The molecular formula is C15H21N3O3. The number of aromatic nitrogens is 2. The lowest BCUT2D eigenvalue weighted by atomic mass is 10.1. The quantitative estimate of drug-likeness (QED) is 0.802. The Bertz CT molecular complexity index is 541. The molecule has 1 aromatic heterocycles. The van der Waals surface area contributed by atoms with Crippen molar-refractivity contribution in [3.05, 3.63) is 23.3 Å². The summed E-state index contributed by atoms with van der Waals surface area (Å²) >= 11 is 0. The van der Waals surface area contributed by atoms with E-state index < -0.39 is 12.0 Å². The lowest BCUT2D eigenvalue weighted by Gasteiger charge is -2.15. The van der Waals surface area contributed by atoms with Crippen molar-refractivity contribution in [3.63, 3.8) is 0 Å². The van der Waals surface area contributed by atoms with Gasteiger partial charge in [0.05, 0.1) is 11.3 Å². The third-order valence-electron chi connectivity index (χ3n) is 3.60. The zero-order chi connectivity index (χ0) is 15.4. The van der Waals surface area contributed by atoms with Gasteiger partial charge in [-0.25, -0.2) is 14.8 Å². The molecule has 1 aliphatic rings. The molecule has 0 aromatic carbocycles. The maximum Gasteiger partial charge on any atom is 0.326 e. The Morgan fingerprint density at radius 3 is 2.76 bits per heavy atom. The van der Waals surface area contributed by atoms with Gasteiger partial charge in [0.25, 0.3) is 5.91 Å². The van der Waals surface area contributed by atoms with Crippen molar-refractivity contribution < 1.29 is 14.7 Å². The van der Waals surface area contributed by atoms with Crippen molar-refractivity contribution in [1.29, 1.82) is 0 Å². The fourth-order valence-corrected chi connectivity index (χ4v) is 2.23. The van der Waals surface area contributed by atoms with Crippen LogP contribution in [0.25, 0.3) is 0 Å². The van der Waals surface area contributed by atoms with Crippen LogP contribution in [-0.4, -0.2) is 33.0 Å². The average molecular weight is 291 g/mol. The predicted molar refractivity (Wildman–Crippen MR) is 77.2 cm³/mol. The van der Waals surface area contributed by atoms with E-state index in [1.807, 2.05) is 6.92 Å². The first-order valence-corrected chi connectivity index (χ1v) is 7.40. The van der Waals surface area contributed by atoms with Gasteiger partial charge in [0.15, 0.2) is 0 Å². The van der Waals surface area contributed by atoms with Gasteiger partial charge in [-0.3, -0.25) is 4.79 Å². The van der Waals surface area contributed by atoms with Crippen LogP contribution in [0.3, 0.4) is 0 Å². The number of amides is 1. The van der Waals surface area contributed by atoms with Gasteiger partial charge < -0.3 is 10.4 Å². The van der Waals surface area contributed by atoms with E-state index in [1.165, 1.54) is 6.20 Å². The highest BCUT2D eigenvalue weighted by molar-refractivity contribution is 5.97. The molecular weight excluding hydrogens is 270 g/mol. The molecule has 114 valence electrons. The van der Waals surface area contributed by atoms with Gasteiger partial charge in [-0.1, -0.05) is 19.8 Å². The van der Waals surface area contributed by atoms with E-state index in [1.54, 1.807) is 6.92 Å². The number of unbranched alkanes of at least 4 members (excludes halogenated alkanes) is 1. The molecule has 2 N–H and O–H groups in total. The molecule has 0 aliphatic heterocycles. The first kappa shape index (κ1) is 15.4. The Hall–Kier alpha value is -1.98. The van der Waals surface area contributed by atoms with E-state index in [9.17, 15) is 14.7 Å². The Balaban J connectivity index is 2.13. The number of aryl methyl sites for hydroxylation is 1. The summed E-state index contributed by atoms with van der Waals surface area (Å²) in [7, 11) is 0. The van der Waals surface area contributed by atoms with Crippen LogP contribution in [0.1, 0.15) is 66.8 Å². The van der Waals surface area contributed by atoms with Gasteiger partial charge in [0.1, 0.15) is 11.9 Å². The summed E-state index contributed by atoms with van der Waals surface area (Å²) in [6.07, 6.45) is 5.63. The number of carbonyl (C=O) groups excluding carboxylic acids is 1. The van der Waals surface area contributed by atoms with Crippen LogP contribution in [0.5, 0.6) is 0 Å². The van der Waals surface area contributed by atoms with Crippen LogP contribution in [-0.2, 0) is 4.79 Å². The number of nitrogens with one attached hydrogen (secondary N) is 1. The van der Waals surface area contributed by atoms with E-state index in [2.05, 4.69) is 15.3 Å². The van der Waals surface area contributed by atoms with Gasteiger partial charge in [0.2, 0.25) is 0 Å². The van der Waals surface area contributed by atoms with Crippen LogP contribution < -0.4 is 5.32 Å². The number of nitrogens with zero attached hydrogens (tertiary/aromatic N) is 2. The number of aliphatic carboxylic acids is 1. The smallest absolute Gasteiger partial charge is 0.326 e. The highest BCUT2D eigenvalue weighted by atomic mass is 16.4. The van der Waals surface area contributed by atoms with Crippen molar-refractivity contribution in [1.82, 2.24) is 15.3 Å². The highest BCUT2D eigenvalue weighted by Crippen LogP contribution is 2.40. The van der Waals surface area contributed by atoms with E-state index in [-0.39, 0.29) is 5.91 Å². The second-order valence-electron chi connectivity index (χ2n) is 5.50. The summed E-state index contributed by atoms with van der Waals surface area (Å²) < 4.78 is 0. The second kappa shape index (κ2) is 6.65. The number of hydrogen-bond donors (Lipinski definition) is 2. The SMILES string of the molecule is CCCCC(NC(=O)c1cnc(C)nc1C1CC1)C(=O)O. The molecule has 1 unspecified atom stereocenters. The third-order valence-corrected chi connectivity index (χ3v) is 3.60. The van der Waals surface area contributed by atoms with E-state index in [0.717, 1.165) is 31.4 Å². The second-order valence-corrected chi connectivity index (χ2v) is 5.50. The molecule has 1 fully saturated rings. The van der Waals surface area contributed by atoms with Gasteiger partial charge in [-0.05, 0) is 26.2 Å². The molecule has 1 saturated carbocycles. The van der Waals surface area contributed by atoms with Crippen LogP contribution in [0.4, 0.5) is 0 Å². The molecule has 21 heavy (non-hydrogen) atoms. The fourth-order valence-electron chi connectivity index (χ4n) is 2.23. The van der Waals surface area contributed by atoms with E-state index in [0.29, 0.717) is 23.7 Å². The molecule has 0 spiro atoms. The lowest BCUT2D eigenvalue weighted by molar-refractivity contribution is -0.139. The van der Waals surface area contributed by atoms with E-state index in [4.69, 9.17) is 0 Å². The summed E-state index contributed by atoms with van der Waals surface area (Å²) in [5, 5.41) is 11.8. The number of carboxylic acid groups (broad SMARTS) is 1. The predicted octanol–water partition coefficient (Wildman–Crippen LogP) is 2.04. The van der Waals surface area contributed by atoms with Crippen molar-refractivity contribution in [2.24, 2.45) is 0 Å². The highest BCUT2D eigenvalue weighted by Gasteiger charge is 2.31. The van der Waals surface area contributed by atoms with Crippen LogP contribution in [0.15, 0.2) is 6.20 Å². The molecule has 1 heterocycles. The Morgan fingerprint density at radius 1 is 1.48 bits per heavy atom. The molecule has 0 saturated heterocycles. The molecule has 0 radical (unpaired) electrons. The molecule has 1 aliphatic carbocycles. The number of carbonyl (C=O) groups is 2. The van der Waals surface area contributed by atoms with Crippen LogP contribution >= 0.6 is 0 Å². The fraction of sp³-hybridized carbons (Fsp3) is 0.600. The van der Waals surface area contributed by atoms with Gasteiger partial charge in [-0.2, -0.15) is 0 Å². The van der Waals surface area contributed by atoms with Gasteiger partial charge >= 0.3 is 5.97 Å². The minimum atomic E-state index is -1.00. The van der Waals surface area contributed by atoms with Crippen molar-refractivity contribution in [2.75, 3.05) is 0 Å². The standard InChI is InChI=1S/C15H21N3O3/c1-3-4-5-12(15(20)21)18-14(19)11-8-16-9(2)17-13(11)10-6-7-10/h8,10,12H,3-7H2,1-2H3,(H,18,19)(H,20,21). The molecule has 1 atom stereocenters. The summed E-state index contributed by atoms with van der Waals surface area (Å²) in [5.41, 5.74) is 1.16. The van der Waals surface area contributed by atoms with Crippen LogP contribution in [0, 0.1) is 6.92 Å². The normalized spacial score (nSPS) is 15.5. The van der Waals surface area contributed by atoms with Crippen molar-refractivity contribution >= 4 is 11.9 Å². The first-order valence-electron chi connectivity index (χ1n) is 7.40. The molecule has 6 heteroatoms. The molecule has 2 rings (SSSR count). The zero-order valence-electron chi connectivity index (χ0n) is 12.4. The molecule has 1 amide bonds. The Kier molecular flexibility index (Phi) is 4.88. The molecule has 6 nitrogen and oxygen atoms in total. The first-order chi connectivity index (χ1) is 10.0. The summed E-state index contributed by atoms with van der Waals surface area (Å²) in [6, 6.07) is -0.856. The Labute approximate surface area is 124 Å². The maximum absolute atomic E-state index is 12.3. The average Bonchev–Trinajstić information content (AvgIpc) is 3.27. The van der Waals surface area contributed by atoms with Crippen molar-refractivity contribution in [3.8, 4) is 0 Å². The zero-order valence-corrected chi connectivity index (χ0v) is 12.4.